The summed E-state index contributed by atoms with van der Waals surface area (Å²) in [5.74, 6) is 0. The van der Waals surface area contributed by atoms with E-state index in [-0.39, 0.29) is 0 Å². The molecule has 0 spiro atoms. The highest BCUT2D eigenvalue weighted by Gasteiger charge is 1.92. The third kappa shape index (κ3) is 2.37. The van der Waals surface area contributed by atoms with Crippen molar-refractivity contribution in [1.82, 2.24) is 0 Å². The monoisotopic (exact) mass is 204 g/mol. The average Bonchev–Trinajstić information content (AvgIpc) is 1.97. The molecule has 0 saturated carbocycles. The van der Waals surface area contributed by atoms with Crippen LogP contribution < -0.4 is 0 Å². The fraction of sp³-hybridized carbons (Fsp3) is 0.143. The lowest BCUT2D eigenvalue weighted by Gasteiger charge is -1.85. The SMILES string of the molecule is ClC1=CC=CC(Br)=CC1. The van der Waals surface area contributed by atoms with Crippen LogP contribution in [-0.4, -0.2) is 0 Å². The molecule has 2 heteroatoms. The van der Waals surface area contributed by atoms with E-state index >= 15 is 0 Å². The zero-order valence-corrected chi connectivity index (χ0v) is 7.11. The molecule has 0 radical (unpaired) electrons. The standard InChI is InChI=1S/C7H6BrCl/c8-6-2-1-3-7(9)5-4-6/h1-4H,5H2. The lowest BCUT2D eigenvalue weighted by molar-refractivity contribution is 1.36. The van der Waals surface area contributed by atoms with Crippen LogP contribution in [-0.2, 0) is 0 Å². The summed E-state index contributed by atoms with van der Waals surface area (Å²) in [6, 6.07) is 0. The molecule has 1 aliphatic rings. The Hall–Kier alpha value is -0.0100. The first-order valence-electron chi connectivity index (χ1n) is 2.67. The normalized spacial score (nSPS) is 18.4. The fourth-order valence-corrected chi connectivity index (χ4v) is 1.04. The van der Waals surface area contributed by atoms with Crippen LogP contribution in [0.2, 0.25) is 0 Å². The molecule has 0 atom stereocenters. The third-order valence-corrected chi connectivity index (χ3v) is 1.89. The van der Waals surface area contributed by atoms with Crippen molar-refractivity contribution >= 4 is 27.5 Å². The highest BCUT2D eigenvalue weighted by Crippen LogP contribution is 2.17. The fourth-order valence-electron chi connectivity index (χ4n) is 0.576. The van der Waals surface area contributed by atoms with Gasteiger partial charge in [0.2, 0.25) is 0 Å². The zero-order valence-electron chi connectivity index (χ0n) is 4.77. The smallest absolute Gasteiger partial charge is 0.0219 e. The first-order chi connectivity index (χ1) is 4.29. The van der Waals surface area contributed by atoms with E-state index in [0.29, 0.717) is 0 Å². The van der Waals surface area contributed by atoms with Crippen LogP contribution in [0.5, 0.6) is 0 Å². The van der Waals surface area contributed by atoms with E-state index in [4.69, 9.17) is 11.6 Å². The maximum absolute atomic E-state index is 5.73. The van der Waals surface area contributed by atoms with Gasteiger partial charge in [-0.3, -0.25) is 0 Å². The van der Waals surface area contributed by atoms with Crippen LogP contribution in [0.15, 0.2) is 33.8 Å². The molecular weight excluding hydrogens is 199 g/mol. The zero-order chi connectivity index (χ0) is 6.69. The van der Waals surface area contributed by atoms with Crippen molar-refractivity contribution in [3.05, 3.63) is 33.8 Å². The van der Waals surface area contributed by atoms with Crippen molar-refractivity contribution < 1.29 is 0 Å². The van der Waals surface area contributed by atoms with Crippen LogP contribution in [0.25, 0.3) is 0 Å². The van der Waals surface area contributed by atoms with Gasteiger partial charge in [0.15, 0.2) is 0 Å². The first-order valence-corrected chi connectivity index (χ1v) is 3.84. The van der Waals surface area contributed by atoms with Gasteiger partial charge >= 0.3 is 0 Å². The number of rotatable bonds is 0. The topological polar surface area (TPSA) is 0 Å². The molecular formula is C7H6BrCl. The van der Waals surface area contributed by atoms with Crippen molar-refractivity contribution in [2.75, 3.05) is 0 Å². The van der Waals surface area contributed by atoms with Gasteiger partial charge in [0.1, 0.15) is 0 Å². The second-order valence-electron chi connectivity index (χ2n) is 1.77. The number of allylic oxidation sites excluding steroid dienone is 6. The minimum atomic E-state index is 0.829. The minimum Gasteiger partial charge on any atom is -0.0888 e. The maximum atomic E-state index is 5.73. The average molecular weight is 205 g/mol. The Kier molecular flexibility index (Phi) is 2.55. The number of halogens is 2. The molecule has 0 aromatic carbocycles. The Morgan fingerprint density at radius 1 is 1.56 bits per heavy atom. The Morgan fingerprint density at radius 2 is 2.33 bits per heavy atom. The molecule has 1 rings (SSSR count). The molecule has 0 unspecified atom stereocenters. The van der Waals surface area contributed by atoms with E-state index < -0.39 is 0 Å². The van der Waals surface area contributed by atoms with Gasteiger partial charge in [-0.25, -0.2) is 0 Å². The molecule has 48 valence electrons. The number of hydrogen-bond donors (Lipinski definition) is 0. The maximum Gasteiger partial charge on any atom is 0.0219 e. The van der Waals surface area contributed by atoms with Crippen molar-refractivity contribution in [3.8, 4) is 0 Å². The van der Waals surface area contributed by atoms with E-state index in [1.807, 2.05) is 24.3 Å². The van der Waals surface area contributed by atoms with Gasteiger partial charge in [-0.05, 0) is 12.2 Å². The summed E-state index contributed by atoms with van der Waals surface area (Å²) in [5.41, 5.74) is 0. The largest absolute Gasteiger partial charge is 0.0888 e. The van der Waals surface area contributed by atoms with E-state index in [9.17, 15) is 0 Å². The van der Waals surface area contributed by atoms with E-state index in [1.165, 1.54) is 0 Å². The summed E-state index contributed by atoms with van der Waals surface area (Å²) in [4.78, 5) is 0. The molecule has 0 N–H and O–H groups in total. The van der Waals surface area contributed by atoms with Crippen LogP contribution in [0.4, 0.5) is 0 Å². The molecule has 0 bridgehead atoms. The van der Waals surface area contributed by atoms with Crippen molar-refractivity contribution in [3.63, 3.8) is 0 Å². The van der Waals surface area contributed by atoms with E-state index in [2.05, 4.69) is 15.9 Å². The molecule has 1 aliphatic carbocycles. The molecule has 0 aromatic heterocycles. The Balaban J connectivity index is 2.75. The predicted octanol–water partition coefficient (Wildman–Crippen LogP) is 3.35. The highest BCUT2D eigenvalue weighted by atomic mass is 79.9. The quantitative estimate of drug-likeness (QED) is 0.569. The lowest BCUT2D eigenvalue weighted by Crippen LogP contribution is -1.63. The number of hydrogen-bond acceptors (Lipinski definition) is 0. The molecule has 0 amide bonds. The second kappa shape index (κ2) is 3.23. The molecule has 0 fully saturated rings. The van der Waals surface area contributed by atoms with Crippen molar-refractivity contribution in [2.45, 2.75) is 6.42 Å². The third-order valence-electron chi connectivity index (χ3n) is 1.02. The Bertz CT molecular complexity index is 186. The summed E-state index contributed by atoms with van der Waals surface area (Å²) in [5, 5.41) is 0.876. The molecule has 9 heavy (non-hydrogen) atoms. The van der Waals surface area contributed by atoms with Gasteiger partial charge in [0.05, 0.1) is 0 Å². The summed E-state index contributed by atoms with van der Waals surface area (Å²) in [6.45, 7) is 0. The Morgan fingerprint density at radius 3 is 3.11 bits per heavy atom. The Labute approximate surface area is 68.0 Å². The van der Waals surface area contributed by atoms with Crippen molar-refractivity contribution in [1.29, 1.82) is 0 Å². The van der Waals surface area contributed by atoms with Gasteiger partial charge < -0.3 is 0 Å². The summed E-state index contributed by atoms with van der Waals surface area (Å²) >= 11 is 9.08. The second-order valence-corrected chi connectivity index (χ2v) is 3.17. The summed E-state index contributed by atoms with van der Waals surface area (Å²) < 4.78 is 1.09. The van der Waals surface area contributed by atoms with Gasteiger partial charge in [-0.1, -0.05) is 39.7 Å². The van der Waals surface area contributed by atoms with Crippen LogP contribution in [0.1, 0.15) is 6.42 Å². The predicted molar refractivity (Wildman–Crippen MR) is 44.7 cm³/mol. The van der Waals surface area contributed by atoms with Gasteiger partial charge in [0, 0.05) is 15.9 Å². The first kappa shape index (κ1) is 7.10. The molecule has 0 nitrogen and oxygen atoms in total. The van der Waals surface area contributed by atoms with Crippen LogP contribution in [0, 0.1) is 0 Å². The van der Waals surface area contributed by atoms with Gasteiger partial charge in [-0.15, -0.1) is 0 Å². The highest BCUT2D eigenvalue weighted by molar-refractivity contribution is 9.11. The van der Waals surface area contributed by atoms with Crippen molar-refractivity contribution in [2.24, 2.45) is 0 Å². The van der Waals surface area contributed by atoms with Crippen LogP contribution >= 0.6 is 27.5 Å². The molecule has 0 aliphatic heterocycles. The van der Waals surface area contributed by atoms with E-state index in [1.54, 1.807) is 0 Å². The molecule has 0 aromatic rings. The lowest BCUT2D eigenvalue weighted by atomic mass is 10.4. The van der Waals surface area contributed by atoms with Gasteiger partial charge in [0.25, 0.3) is 0 Å². The molecule has 0 saturated heterocycles. The van der Waals surface area contributed by atoms with Crippen LogP contribution in [0.3, 0.4) is 0 Å². The summed E-state index contributed by atoms with van der Waals surface area (Å²) in [7, 11) is 0. The minimum absolute atomic E-state index is 0.829. The molecule has 0 heterocycles. The summed E-state index contributed by atoms with van der Waals surface area (Å²) in [6.07, 6.45) is 8.65. The van der Waals surface area contributed by atoms with E-state index in [0.717, 1.165) is 15.9 Å². The van der Waals surface area contributed by atoms with Gasteiger partial charge in [-0.2, -0.15) is 0 Å².